The van der Waals surface area contributed by atoms with E-state index in [1.54, 1.807) is 6.07 Å². The van der Waals surface area contributed by atoms with E-state index in [0.29, 0.717) is 22.8 Å². The minimum Gasteiger partial charge on any atom is -0.422 e. The molecule has 4 aromatic rings. The lowest BCUT2D eigenvalue weighted by molar-refractivity contribution is 0.564. The summed E-state index contributed by atoms with van der Waals surface area (Å²) in [6.07, 6.45) is 2.79. The highest BCUT2D eigenvalue weighted by Crippen LogP contribution is 2.33. The van der Waals surface area contributed by atoms with Crippen LogP contribution in [0, 0.1) is 0 Å². The van der Waals surface area contributed by atoms with Gasteiger partial charge in [-0.15, -0.1) is 0 Å². The molecule has 2 heterocycles. The maximum Gasteiger partial charge on any atom is 0.346 e. The van der Waals surface area contributed by atoms with Crippen molar-refractivity contribution in [2.75, 3.05) is 5.32 Å². The molecule has 0 aliphatic heterocycles. The van der Waals surface area contributed by atoms with E-state index < -0.39 is 5.63 Å². The summed E-state index contributed by atoms with van der Waals surface area (Å²) in [4.78, 5) is 24.5. The van der Waals surface area contributed by atoms with E-state index in [0.717, 1.165) is 10.9 Å². The predicted octanol–water partition coefficient (Wildman–Crippen LogP) is 3.39. The molecule has 0 amide bonds. The third-order valence-corrected chi connectivity index (χ3v) is 3.61. The van der Waals surface area contributed by atoms with Crippen LogP contribution in [0.25, 0.3) is 22.1 Å². The van der Waals surface area contributed by atoms with E-state index in [-0.39, 0.29) is 0 Å². The molecule has 6 heteroatoms. The van der Waals surface area contributed by atoms with Crippen LogP contribution < -0.4 is 10.9 Å². The molecule has 0 bridgehead atoms. The maximum absolute atomic E-state index is 12.6. The van der Waals surface area contributed by atoms with Crippen LogP contribution in [0.4, 0.5) is 11.6 Å². The quantitative estimate of drug-likeness (QED) is 0.584. The Morgan fingerprint density at radius 3 is 2.38 bits per heavy atom. The van der Waals surface area contributed by atoms with Gasteiger partial charge in [0.15, 0.2) is 0 Å². The lowest BCUT2D eigenvalue weighted by Gasteiger charge is -2.12. The Hall–Kier alpha value is -3.54. The Labute approximate surface area is 136 Å². The van der Waals surface area contributed by atoms with Gasteiger partial charge < -0.3 is 9.73 Å². The zero-order valence-electron chi connectivity index (χ0n) is 12.5. The number of para-hydroxylation sites is 1. The molecule has 0 radical (unpaired) electrons. The van der Waals surface area contributed by atoms with Crippen LogP contribution in [0.3, 0.4) is 0 Å². The monoisotopic (exact) mass is 316 g/mol. The molecule has 0 saturated carbocycles. The molecule has 2 aromatic heterocycles. The van der Waals surface area contributed by atoms with E-state index in [4.69, 9.17) is 4.42 Å². The minimum atomic E-state index is -0.420. The lowest BCUT2D eigenvalue weighted by atomic mass is 10.0. The van der Waals surface area contributed by atoms with Crippen molar-refractivity contribution < 1.29 is 4.42 Å². The van der Waals surface area contributed by atoms with Crippen LogP contribution in [0.1, 0.15) is 0 Å². The first kappa shape index (κ1) is 14.1. The highest BCUT2D eigenvalue weighted by molar-refractivity contribution is 5.99. The van der Waals surface area contributed by atoms with Crippen LogP contribution in [-0.4, -0.2) is 15.0 Å². The van der Waals surface area contributed by atoms with Crippen molar-refractivity contribution in [3.8, 4) is 11.1 Å². The van der Waals surface area contributed by atoms with Crippen molar-refractivity contribution in [1.29, 1.82) is 0 Å². The summed E-state index contributed by atoms with van der Waals surface area (Å²) >= 11 is 0. The first-order valence-corrected chi connectivity index (χ1v) is 7.33. The molecule has 4 rings (SSSR count). The van der Waals surface area contributed by atoms with Crippen molar-refractivity contribution in [2.45, 2.75) is 0 Å². The number of fused-ring (bicyclic) bond motifs is 1. The van der Waals surface area contributed by atoms with Crippen LogP contribution in [-0.2, 0) is 0 Å². The molecule has 0 aliphatic rings. The van der Waals surface area contributed by atoms with Gasteiger partial charge in [-0.2, -0.15) is 0 Å². The van der Waals surface area contributed by atoms with Crippen LogP contribution in [0.2, 0.25) is 0 Å². The highest BCUT2D eigenvalue weighted by atomic mass is 16.4. The van der Waals surface area contributed by atoms with Gasteiger partial charge in [0, 0.05) is 5.39 Å². The van der Waals surface area contributed by atoms with Gasteiger partial charge in [-0.25, -0.2) is 19.7 Å². The molecule has 0 atom stereocenters. The molecule has 0 unspecified atom stereocenters. The number of aromatic nitrogens is 3. The highest BCUT2D eigenvalue weighted by Gasteiger charge is 2.17. The number of hydrogen-bond donors (Lipinski definition) is 1. The molecule has 1 N–H and O–H groups in total. The third-order valence-electron chi connectivity index (χ3n) is 3.61. The zero-order valence-corrected chi connectivity index (χ0v) is 12.5. The summed E-state index contributed by atoms with van der Waals surface area (Å²) in [6.45, 7) is 0. The first-order valence-electron chi connectivity index (χ1n) is 7.33. The van der Waals surface area contributed by atoms with Gasteiger partial charge >= 0.3 is 5.63 Å². The second-order valence-corrected chi connectivity index (χ2v) is 5.09. The van der Waals surface area contributed by atoms with Gasteiger partial charge in [0.05, 0.1) is 11.3 Å². The molecule has 2 aromatic carbocycles. The van der Waals surface area contributed by atoms with Crippen LogP contribution >= 0.6 is 0 Å². The Balaban J connectivity index is 2.02. The number of benzene rings is 2. The fourth-order valence-corrected chi connectivity index (χ4v) is 2.56. The van der Waals surface area contributed by atoms with Gasteiger partial charge in [-0.05, 0) is 17.7 Å². The molecule has 6 nitrogen and oxygen atoms in total. The molecule has 0 fully saturated rings. The van der Waals surface area contributed by atoms with Crippen molar-refractivity contribution in [3.63, 3.8) is 0 Å². The molecule has 24 heavy (non-hydrogen) atoms. The second-order valence-electron chi connectivity index (χ2n) is 5.09. The van der Waals surface area contributed by atoms with Crippen molar-refractivity contribution in [3.05, 3.63) is 77.7 Å². The summed E-state index contributed by atoms with van der Waals surface area (Å²) in [6, 6.07) is 16.7. The standard InChI is InChI=1S/C18H12N4O2/c23-17-15(12-6-2-1-3-7-12)16(22-18-20-10-19-11-21-18)13-8-4-5-9-14(13)24-17/h1-11H,(H,19,20,21,22). The van der Waals surface area contributed by atoms with E-state index >= 15 is 0 Å². The topological polar surface area (TPSA) is 80.9 Å². The average Bonchev–Trinajstić information content (AvgIpc) is 2.63. The van der Waals surface area contributed by atoms with Gasteiger partial charge in [0.1, 0.15) is 18.2 Å². The number of hydrogen-bond acceptors (Lipinski definition) is 6. The molecular weight excluding hydrogens is 304 g/mol. The van der Waals surface area contributed by atoms with Crippen molar-refractivity contribution >= 4 is 22.6 Å². The van der Waals surface area contributed by atoms with Gasteiger partial charge in [-0.1, -0.05) is 42.5 Å². The van der Waals surface area contributed by atoms with Crippen LogP contribution in [0.15, 0.2) is 76.5 Å². The largest absolute Gasteiger partial charge is 0.422 e. The van der Waals surface area contributed by atoms with Gasteiger partial charge in [-0.3, -0.25) is 0 Å². The molecule has 0 aliphatic carbocycles. The minimum absolute atomic E-state index is 0.359. The van der Waals surface area contributed by atoms with Gasteiger partial charge in [0.25, 0.3) is 0 Å². The lowest BCUT2D eigenvalue weighted by Crippen LogP contribution is -2.09. The fraction of sp³-hybridized carbons (Fsp3) is 0. The molecule has 116 valence electrons. The Morgan fingerprint density at radius 2 is 1.58 bits per heavy atom. The Bertz CT molecular complexity index is 1050. The molecule has 0 spiro atoms. The number of anilines is 2. The van der Waals surface area contributed by atoms with Crippen LogP contribution in [0.5, 0.6) is 0 Å². The zero-order chi connectivity index (χ0) is 16.4. The van der Waals surface area contributed by atoms with E-state index in [1.807, 2.05) is 48.5 Å². The number of rotatable bonds is 3. The maximum atomic E-state index is 12.6. The summed E-state index contributed by atoms with van der Waals surface area (Å²) in [5.41, 5.74) is 1.89. The molecule has 0 saturated heterocycles. The smallest absolute Gasteiger partial charge is 0.346 e. The van der Waals surface area contributed by atoms with E-state index in [1.165, 1.54) is 12.7 Å². The number of nitrogens with zero attached hydrogens (tertiary/aromatic N) is 3. The van der Waals surface area contributed by atoms with E-state index in [2.05, 4.69) is 20.3 Å². The van der Waals surface area contributed by atoms with Crippen molar-refractivity contribution in [1.82, 2.24) is 15.0 Å². The third kappa shape index (κ3) is 2.50. The summed E-state index contributed by atoms with van der Waals surface area (Å²) < 4.78 is 5.48. The molecular formula is C18H12N4O2. The predicted molar refractivity (Wildman–Crippen MR) is 91.0 cm³/mol. The SMILES string of the molecule is O=c1oc2ccccc2c(Nc2ncncn2)c1-c1ccccc1. The van der Waals surface area contributed by atoms with Gasteiger partial charge in [0.2, 0.25) is 5.95 Å². The Kier molecular flexibility index (Phi) is 3.47. The Morgan fingerprint density at radius 1 is 0.875 bits per heavy atom. The first-order chi connectivity index (χ1) is 11.8. The summed E-state index contributed by atoms with van der Waals surface area (Å²) in [5.74, 6) is 0.359. The number of nitrogens with one attached hydrogen (secondary N) is 1. The summed E-state index contributed by atoms with van der Waals surface area (Å²) in [5, 5.41) is 3.91. The normalized spacial score (nSPS) is 10.7. The van der Waals surface area contributed by atoms with Crippen molar-refractivity contribution in [2.24, 2.45) is 0 Å². The fourth-order valence-electron chi connectivity index (χ4n) is 2.56. The summed E-state index contributed by atoms with van der Waals surface area (Å²) in [7, 11) is 0. The van der Waals surface area contributed by atoms with E-state index in [9.17, 15) is 4.79 Å². The second kappa shape index (κ2) is 5.92. The average molecular weight is 316 g/mol.